The van der Waals surface area contributed by atoms with Crippen LogP contribution in [0.4, 0.5) is 8.78 Å². The topological polar surface area (TPSA) is 87.0 Å². The van der Waals surface area contributed by atoms with E-state index in [0.717, 1.165) is 38.1 Å². The van der Waals surface area contributed by atoms with Gasteiger partial charge in [-0.3, -0.25) is 4.79 Å². The van der Waals surface area contributed by atoms with E-state index in [1.807, 2.05) is 4.90 Å². The molecular weight excluding hydrogens is 514 g/mol. The molecule has 0 saturated carbocycles. The molecule has 2 aliphatic heterocycles. The molecule has 3 heterocycles. The van der Waals surface area contributed by atoms with E-state index in [9.17, 15) is 22.0 Å². The summed E-state index contributed by atoms with van der Waals surface area (Å²) in [7, 11) is -1.83. The van der Waals surface area contributed by atoms with Crippen LogP contribution in [0.2, 0.25) is 0 Å². The summed E-state index contributed by atoms with van der Waals surface area (Å²) < 4.78 is 60.8. The van der Waals surface area contributed by atoms with Gasteiger partial charge >= 0.3 is 0 Å². The molecule has 2 fully saturated rings. The van der Waals surface area contributed by atoms with Gasteiger partial charge in [-0.2, -0.15) is 4.31 Å². The van der Waals surface area contributed by atoms with Crippen molar-refractivity contribution in [2.45, 2.75) is 63.4 Å². The third kappa shape index (κ3) is 6.00. The van der Waals surface area contributed by atoms with Crippen LogP contribution < -0.4 is 0 Å². The number of nitrogens with zero attached hydrogens (tertiary/aromatic N) is 4. The molecule has 11 heteroatoms. The Bertz CT molecular complexity index is 1280. The number of hydrogen-bond donors (Lipinski definition) is 0. The van der Waals surface area contributed by atoms with Crippen LogP contribution in [0.5, 0.6) is 0 Å². The minimum Gasteiger partial charge on any atom is -0.355 e. The summed E-state index contributed by atoms with van der Waals surface area (Å²) in [5.41, 5.74) is 0.277. The van der Waals surface area contributed by atoms with Gasteiger partial charge in [0.25, 0.3) is 0 Å². The number of sulfonamides is 1. The molecule has 2 aliphatic rings. The number of aryl methyl sites for hydroxylation is 1. The van der Waals surface area contributed by atoms with E-state index < -0.39 is 21.7 Å². The van der Waals surface area contributed by atoms with Crippen LogP contribution in [-0.4, -0.2) is 78.9 Å². The molecule has 0 aliphatic carbocycles. The van der Waals surface area contributed by atoms with Crippen molar-refractivity contribution in [2.75, 3.05) is 33.2 Å². The summed E-state index contributed by atoms with van der Waals surface area (Å²) in [5, 5.41) is 3.81. The van der Waals surface area contributed by atoms with Gasteiger partial charge in [-0.25, -0.2) is 17.2 Å². The third-order valence-electron chi connectivity index (χ3n) is 7.78. The molecule has 2 saturated heterocycles. The Hall–Kier alpha value is -2.63. The fraction of sp³-hybridized carbons (Fsp3) is 0.556. The number of halogens is 2. The number of likely N-dealkylation sites (tertiary alicyclic amines) is 1. The summed E-state index contributed by atoms with van der Waals surface area (Å²) in [6, 6.07) is 4.05. The molecule has 0 spiro atoms. The van der Waals surface area contributed by atoms with E-state index in [4.69, 9.17) is 4.52 Å². The van der Waals surface area contributed by atoms with Gasteiger partial charge in [0, 0.05) is 55.8 Å². The smallest absolute Gasteiger partial charge is 0.248 e. The highest BCUT2D eigenvalue weighted by molar-refractivity contribution is 7.89. The summed E-state index contributed by atoms with van der Waals surface area (Å²) in [6.45, 7) is 7.75. The Kier molecular flexibility index (Phi) is 8.68. The Morgan fingerprint density at radius 3 is 2.37 bits per heavy atom. The second-order valence-electron chi connectivity index (χ2n) is 10.5. The van der Waals surface area contributed by atoms with Crippen molar-refractivity contribution in [3.63, 3.8) is 0 Å². The minimum absolute atomic E-state index is 0.0290. The number of carbonyl (C=O) groups excluding carboxylic acids is 1. The van der Waals surface area contributed by atoms with Crippen molar-refractivity contribution in [3.8, 4) is 0 Å². The van der Waals surface area contributed by atoms with E-state index in [1.54, 1.807) is 0 Å². The summed E-state index contributed by atoms with van der Waals surface area (Å²) in [5.74, 6) is -1.60. The second-order valence-corrected chi connectivity index (χ2v) is 12.3. The fourth-order valence-electron chi connectivity index (χ4n) is 5.25. The maximum atomic E-state index is 14.0. The zero-order valence-electron chi connectivity index (χ0n) is 22.4. The lowest BCUT2D eigenvalue weighted by molar-refractivity contribution is -0.138. The average Bonchev–Trinajstić information content (AvgIpc) is 3.28. The van der Waals surface area contributed by atoms with Crippen molar-refractivity contribution in [2.24, 2.45) is 5.92 Å². The van der Waals surface area contributed by atoms with Crippen LogP contribution in [-0.2, 0) is 14.8 Å². The molecule has 1 aromatic heterocycles. The lowest BCUT2D eigenvalue weighted by atomic mass is 9.94. The predicted molar refractivity (Wildman–Crippen MR) is 141 cm³/mol. The van der Waals surface area contributed by atoms with E-state index in [1.165, 1.54) is 29.4 Å². The van der Waals surface area contributed by atoms with Gasteiger partial charge in [0.15, 0.2) is 10.7 Å². The van der Waals surface area contributed by atoms with Crippen molar-refractivity contribution in [1.82, 2.24) is 19.3 Å². The monoisotopic (exact) mass is 550 g/mol. The maximum Gasteiger partial charge on any atom is 0.248 e. The number of rotatable bonds is 7. The number of hydrogen-bond acceptors (Lipinski definition) is 6. The molecule has 2 aromatic rings. The number of carbonyl (C=O) groups is 1. The maximum absolute atomic E-state index is 14.0. The highest BCUT2D eigenvalue weighted by Gasteiger charge is 2.37. The zero-order valence-corrected chi connectivity index (χ0v) is 23.2. The van der Waals surface area contributed by atoms with Crippen molar-refractivity contribution in [3.05, 3.63) is 46.9 Å². The van der Waals surface area contributed by atoms with Gasteiger partial charge in [-0.05, 0) is 77.8 Å². The Morgan fingerprint density at radius 2 is 1.76 bits per heavy atom. The van der Waals surface area contributed by atoms with Gasteiger partial charge in [0.05, 0.1) is 0 Å². The van der Waals surface area contributed by atoms with E-state index in [2.05, 4.69) is 31.0 Å². The third-order valence-corrected chi connectivity index (χ3v) is 9.84. The van der Waals surface area contributed by atoms with Crippen LogP contribution in [0, 0.1) is 24.5 Å². The first-order chi connectivity index (χ1) is 18.0. The van der Waals surface area contributed by atoms with Crippen molar-refractivity contribution < 1.29 is 26.5 Å². The number of aromatic nitrogens is 1. The molecule has 0 bridgehead atoms. The van der Waals surface area contributed by atoms with Crippen LogP contribution >= 0.6 is 0 Å². The molecule has 38 heavy (non-hydrogen) atoms. The van der Waals surface area contributed by atoms with Gasteiger partial charge in [-0.15, -0.1) is 0 Å². The number of amides is 1. The summed E-state index contributed by atoms with van der Waals surface area (Å²) in [4.78, 5) is 17.4. The van der Waals surface area contributed by atoms with E-state index >= 15 is 0 Å². The van der Waals surface area contributed by atoms with E-state index in [0.29, 0.717) is 24.9 Å². The van der Waals surface area contributed by atoms with E-state index in [-0.39, 0.29) is 46.8 Å². The van der Waals surface area contributed by atoms with Gasteiger partial charge < -0.3 is 14.3 Å². The normalized spacial score (nSPS) is 18.8. The lowest BCUT2D eigenvalue weighted by Crippen LogP contribution is -2.50. The van der Waals surface area contributed by atoms with Gasteiger partial charge in [0.2, 0.25) is 15.9 Å². The van der Waals surface area contributed by atoms with Gasteiger partial charge in [0.1, 0.15) is 17.3 Å². The molecule has 0 unspecified atom stereocenters. The molecule has 1 amide bonds. The predicted octanol–water partition coefficient (Wildman–Crippen LogP) is 4.16. The summed E-state index contributed by atoms with van der Waals surface area (Å²) >= 11 is 0. The first kappa shape index (κ1) is 28.4. The first-order valence-electron chi connectivity index (χ1n) is 13.1. The number of piperidine rings is 2. The minimum atomic E-state index is -3.96. The second kappa shape index (κ2) is 11.6. The Morgan fingerprint density at radius 1 is 1.11 bits per heavy atom. The molecule has 8 nitrogen and oxygen atoms in total. The SMILES string of the molecule is Cc1noc(/C=C/c2ccc(F)cc2F)c1S(=O)(=O)N1CCC(C(=O)N2CCC(N(C)C(C)C)CC2)CC1. The molecule has 4 rings (SSSR count). The lowest BCUT2D eigenvalue weighted by Gasteiger charge is -2.40. The van der Waals surface area contributed by atoms with Crippen LogP contribution in [0.3, 0.4) is 0 Å². The van der Waals surface area contributed by atoms with Crippen LogP contribution in [0.25, 0.3) is 12.2 Å². The average molecular weight is 551 g/mol. The highest BCUT2D eigenvalue weighted by atomic mass is 32.2. The van der Waals surface area contributed by atoms with Gasteiger partial charge in [-0.1, -0.05) is 5.16 Å². The largest absolute Gasteiger partial charge is 0.355 e. The number of benzene rings is 1. The molecule has 0 radical (unpaired) electrons. The zero-order chi connectivity index (χ0) is 27.6. The molecule has 0 N–H and O–H groups in total. The summed E-state index contributed by atoms with van der Waals surface area (Å²) in [6.07, 6.45) is 5.41. The first-order valence-corrected chi connectivity index (χ1v) is 14.5. The van der Waals surface area contributed by atoms with Crippen LogP contribution in [0.1, 0.15) is 56.5 Å². The molecule has 1 aromatic carbocycles. The highest BCUT2D eigenvalue weighted by Crippen LogP contribution is 2.30. The quantitative estimate of drug-likeness (QED) is 0.515. The van der Waals surface area contributed by atoms with Crippen molar-refractivity contribution in [1.29, 1.82) is 0 Å². The molecule has 0 atom stereocenters. The molecule has 208 valence electrons. The van der Waals surface area contributed by atoms with Crippen molar-refractivity contribution >= 4 is 28.1 Å². The Labute approximate surface area is 223 Å². The fourth-order valence-corrected chi connectivity index (χ4v) is 6.97. The standard InChI is InChI=1S/C27H36F2N4O4S/c1-18(2)31(4)23-11-13-32(14-12-23)27(34)21-9-15-33(16-10-21)38(35,36)26-19(3)30-37-25(26)8-6-20-5-7-22(28)17-24(20)29/h5-8,17-18,21,23H,9-16H2,1-4H3/b8-6+. The Balaban J connectivity index is 1.39. The van der Waals surface area contributed by atoms with Crippen LogP contribution in [0.15, 0.2) is 27.6 Å². The molecular formula is C27H36F2N4O4S.